The Kier molecular flexibility index (Phi) is 10.0. The van der Waals surface area contributed by atoms with Gasteiger partial charge in [0, 0.05) is 69.1 Å². The van der Waals surface area contributed by atoms with Crippen LogP contribution in [0.3, 0.4) is 0 Å². The number of hydrogen-bond acceptors (Lipinski definition) is 10. The molecular formula is C30H39FN6O7S2. The van der Waals surface area contributed by atoms with Crippen molar-refractivity contribution in [2.75, 3.05) is 68.5 Å². The normalized spacial score (nSPS) is 17.0. The van der Waals surface area contributed by atoms with Crippen molar-refractivity contribution in [3.8, 4) is 11.3 Å². The van der Waals surface area contributed by atoms with E-state index in [9.17, 15) is 31.1 Å². The molecule has 46 heavy (non-hydrogen) atoms. The van der Waals surface area contributed by atoms with Crippen molar-refractivity contribution < 1.29 is 35.9 Å². The Bertz CT molecular complexity index is 1790. The predicted octanol–water partition coefficient (Wildman–Crippen LogP) is 1.68. The number of methoxy groups -OCH3 is 1. The van der Waals surface area contributed by atoms with E-state index in [1.807, 2.05) is 4.90 Å². The van der Waals surface area contributed by atoms with E-state index in [0.29, 0.717) is 62.6 Å². The number of nitrogens with zero attached hydrogens (tertiary/aromatic N) is 5. The van der Waals surface area contributed by atoms with E-state index in [1.54, 1.807) is 47.1 Å². The molecule has 2 N–H and O–H groups in total. The molecule has 0 saturated carbocycles. The van der Waals surface area contributed by atoms with E-state index in [4.69, 9.17) is 9.84 Å². The average molecular weight is 679 g/mol. The SMILES string of the molecule is COC(=O)c1cccc(NS(C)(=O)=O)c1N1CCN(CC(O)Cn2nc(-c3ccc(CF)cc3)c3c2CCN(S(C)(=O)=O)C3)CC1. The first-order valence-electron chi connectivity index (χ1n) is 14.8. The molecule has 0 spiro atoms. The molecule has 0 bridgehead atoms. The van der Waals surface area contributed by atoms with E-state index in [1.165, 1.54) is 17.7 Å². The number of anilines is 2. The van der Waals surface area contributed by atoms with Crippen LogP contribution in [0.25, 0.3) is 11.3 Å². The molecule has 16 heteroatoms. The topological polar surface area (TPSA) is 154 Å². The van der Waals surface area contributed by atoms with E-state index < -0.39 is 38.8 Å². The summed E-state index contributed by atoms with van der Waals surface area (Å²) in [5, 5.41) is 16.0. The van der Waals surface area contributed by atoms with Gasteiger partial charge in [0.25, 0.3) is 0 Å². The second kappa shape index (κ2) is 13.7. The van der Waals surface area contributed by atoms with Crippen molar-refractivity contribution in [3.05, 3.63) is 64.8 Å². The Balaban J connectivity index is 1.31. The van der Waals surface area contributed by atoms with Crippen LogP contribution in [0.2, 0.25) is 0 Å². The highest BCUT2D eigenvalue weighted by atomic mass is 32.2. The number of sulfonamides is 2. The molecule has 3 aromatic rings. The maximum absolute atomic E-state index is 13.1. The predicted molar refractivity (Wildman–Crippen MR) is 172 cm³/mol. The standard InChI is InChI=1S/C30H39FN6O7S2/c1-44-30(39)24-5-4-6-26(33-45(2,40)41)29(24)35-15-13-34(14-16-35)18-23(38)19-37-27-11-12-36(46(3,42)43)20-25(27)28(32-37)22-9-7-21(17-31)8-10-22/h4-10,23,33,38H,11-20H2,1-3H3. The molecule has 3 heterocycles. The van der Waals surface area contributed by atoms with Crippen LogP contribution in [0.4, 0.5) is 15.8 Å². The number of hydrogen-bond donors (Lipinski definition) is 2. The molecule has 1 aromatic heterocycles. The minimum atomic E-state index is -3.61. The zero-order chi connectivity index (χ0) is 33.2. The number of halogens is 1. The fourth-order valence-corrected chi connectivity index (χ4v) is 7.38. The smallest absolute Gasteiger partial charge is 0.340 e. The van der Waals surface area contributed by atoms with Gasteiger partial charge in [-0.1, -0.05) is 30.3 Å². The summed E-state index contributed by atoms with van der Waals surface area (Å²) in [6.45, 7) is 2.42. The number of β-amino-alcohol motifs (C(OH)–C–C–N with tert-alkyl or cyclic N) is 1. The van der Waals surface area contributed by atoms with Gasteiger partial charge in [-0.15, -0.1) is 0 Å². The number of fused-ring (bicyclic) bond motifs is 1. The molecule has 1 unspecified atom stereocenters. The highest BCUT2D eigenvalue weighted by Gasteiger charge is 2.31. The zero-order valence-electron chi connectivity index (χ0n) is 26.0. The summed E-state index contributed by atoms with van der Waals surface area (Å²) >= 11 is 0. The van der Waals surface area contributed by atoms with Gasteiger partial charge in [-0.25, -0.2) is 26.0 Å². The molecule has 1 saturated heterocycles. The minimum Gasteiger partial charge on any atom is -0.465 e. The summed E-state index contributed by atoms with van der Waals surface area (Å²) in [5.41, 5.74) is 4.49. The molecule has 2 aliphatic heterocycles. The van der Waals surface area contributed by atoms with Crippen LogP contribution in [0.1, 0.15) is 27.2 Å². The molecule has 1 fully saturated rings. The number of piperazine rings is 1. The van der Waals surface area contributed by atoms with Gasteiger partial charge in [0.05, 0.1) is 54.9 Å². The first-order chi connectivity index (χ1) is 21.8. The summed E-state index contributed by atoms with van der Waals surface area (Å²) in [5.74, 6) is -0.579. The van der Waals surface area contributed by atoms with Gasteiger partial charge >= 0.3 is 5.97 Å². The third-order valence-electron chi connectivity index (χ3n) is 8.23. The molecule has 250 valence electrons. The lowest BCUT2D eigenvalue weighted by molar-refractivity contribution is 0.0601. The van der Waals surface area contributed by atoms with Crippen LogP contribution in [0.15, 0.2) is 42.5 Å². The summed E-state index contributed by atoms with van der Waals surface area (Å²) in [6, 6.07) is 11.7. The van der Waals surface area contributed by atoms with Crippen LogP contribution in [-0.4, -0.2) is 112 Å². The lowest BCUT2D eigenvalue weighted by Gasteiger charge is -2.38. The van der Waals surface area contributed by atoms with Crippen LogP contribution >= 0.6 is 0 Å². The Morgan fingerprint density at radius 1 is 1.02 bits per heavy atom. The maximum atomic E-state index is 13.1. The number of rotatable bonds is 11. The number of alkyl halides is 1. The summed E-state index contributed by atoms with van der Waals surface area (Å²) in [6.07, 6.45) is 1.87. The van der Waals surface area contributed by atoms with Crippen molar-refractivity contribution in [2.24, 2.45) is 0 Å². The summed E-state index contributed by atoms with van der Waals surface area (Å²) in [7, 11) is -5.77. The van der Waals surface area contributed by atoms with E-state index >= 15 is 0 Å². The van der Waals surface area contributed by atoms with Gasteiger partial charge < -0.3 is 14.7 Å². The van der Waals surface area contributed by atoms with Crippen LogP contribution in [-0.2, 0) is 51.0 Å². The van der Waals surface area contributed by atoms with Gasteiger partial charge in [-0.2, -0.15) is 9.40 Å². The number of aromatic nitrogens is 2. The molecule has 0 amide bonds. The van der Waals surface area contributed by atoms with E-state index in [-0.39, 0.29) is 24.3 Å². The number of nitrogens with one attached hydrogen (secondary N) is 1. The molecule has 1 atom stereocenters. The van der Waals surface area contributed by atoms with Gasteiger partial charge in [-0.3, -0.25) is 14.3 Å². The third kappa shape index (κ3) is 7.69. The fourth-order valence-electron chi connectivity index (χ4n) is 6.03. The van der Waals surface area contributed by atoms with Gasteiger partial charge in [0.1, 0.15) is 6.67 Å². The van der Waals surface area contributed by atoms with Crippen molar-refractivity contribution in [2.45, 2.75) is 32.3 Å². The quantitative estimate of drug-likeness (QED) is 0.287. The largest absolute Gasteiger partial charge is 0.465 e. The second-order valence-corrected chi connectivity index (χ2v) is 15.4. The first-order valence-corrected chi connectivity index (χ1v) is 18.5. The zero-order valence-corrected chi connectivity index (χ0v) is 27.7. The number of aliphatic hydroxyl groups excluding tert-OH is 1. The Morgan fingerprint density at radius 3 is 2.33 bits per heavy atom. The third-order valence-corrected chi connectivity index (χ3v) is 10.1. The van der Waals surface area contributed by atoms with E-state index in [2.05, 4.69) is 9.62 Å². The lowest BCUT2D eigenvalue weighted by Crippen LogP contribution is -2.49. The van der Waals surface area contributed by atoms with Crippen LogP contribution < -0.4 is 9.62 Å². The molecule has 13 nitrogen and oxygen atoms in total. The summed E-state index contributed by atoms with van der Waals surface area (Å²) < 4.78 is 72.5. The number of aliphatic hydroxyl groups is 1. The summed E-state index contributed by atoms with van der Waals surface area (Å²) in [4.78, 5) is 16.6. The molecule has 5 rings (SSSR count). The molecule has 0 radical (unpaired) electrons. The Labute approximate surface area is 268 Å². The lowest BCUT2D eigenvalue weighted by atomic mass is 10.0. The van der Waals surface area contributed by atoms with Crippen molar-refractivity contribution in [1.82, 2.24) is 19.0 Å². The number of ether oxygens (including phenoxy) is 1. The van der Waals surface area contributed by atoms with Crippen LogP contribution in [0.5, 0.6) is 0 Å². The van der Waals surface area contributed by atoms with Crippen molar-refractivity contribution in [3.63, 3.8) is 0 Å². The highest BCUT2D eigenvalue weighted by molar-refractivity contribution is 7.92. The monoisotopic (exact) mass is 678 g/mol. The van der Waals surface area contributed by atoms with Crippen molar-refractivity contribution >= 4 is 37.4 Å². The number of esters is 1. The number of benzene rings is 2. The molecule has 2 aliphatic rings. The highest BCUT2D eigenvalue weighted by Crippen LogP contribution is 2.33. The van der Waals surface area contributed by atoms with Gasteiger partial charge in [0.15, 0.2) is 0 Å². The number of carbonyl (C=O) groups excluding carboxylic acids is 1. The number of para-hydroxylation sites is 1. The number of carbonyl (C=O) groups is 1. The van der Waals surface area contributed by atoms with Gasteiger partial charge in [-0.05, 0) is 17.7 Å². The van der Waals surface area contributed by atoms with Crippen LogP contribution in [0, 0.1) is 0 Å². The fraction of sp³-hybridized carbons (Fsp3) is 0.467. The Morgan fingerprint density at radius 2 is 1.72 bits per heavy atom. The molecular weight excluding hydrogens is 639 g/mol. The maximum Gasteiger partial charge on any atom is 0.340 e. The minimum absolute atomic E-state index is 0.162. The average Bonchev–Trinajstić information content (AvgIpc) is 3.37. The van der Waals surface area contributed by atoms with E-state index in [0.717, 1.165) is 23.1 Å². The van der Waals surface area contributed by atoms with Gasteiger partial charge in [0.2, 0.25) is 20.0 Å². The molecule has 2 aromatic carbocycles. The first kappa shape index (κ1) is 33.8. The Hall–Kier alpha value is -3.57. The second-order valence-electron chi connectivity index (χ2n) is 11.6. The molecule has 0 aliphatic carbocycles. The van der Waals surface area contributed by atoms with Crippen molar-refractivity contribution in [1.29, 1.82) is 0 Å².